The van der Waals surface area contributed by atoms with E-state index in [0.29, 0.717) is 28.2 Å². The molecule has 0 aliphatic rings. The molecule has 0 spiro atoms. The van der Waals surface area contributed by atoms with Crippen LogP contribution in [0.3, 0.4) is 0 Å². The molecule has 0 unspecified atom stereocenters. The van der Waals surface area contributed by atoms with E-state index in [4.69, 9.17) is 0 Å². The lowest BCUT2D eigenvalue weighted by molar-refractivity contribution is -0.138. The number of carbonyl (C=O) groups is 2. The fourth-order valence-electron chi connectivity index (χ4n) is 2.06. The summed E-state index contributed by atoms with van der Waals surface area (Å²) in [6.07, 6.45) is -4.02. The van der Waals surface area contributed by atoms with Gasteiger partial charge in [0.05, 0.1) is 5.56 Å². The number of benzene rings is 1. The molecule has 0 atom stereocenters. The predicted octanol–water partition coefficient (Wildman–Crippen LogP) is 2.46. The minimum Gasteiger partial charge on any atom is -0.326 e. The van der Waals surface area contributed by atoms with E-state index in [1.807, 2.05) is 0 Å². The Balaban J connectivity index is 2.13. The number of nitrogens with zero attached hydrogens (tertiary/aromatic N) is 1. The lowest BCUT2D eigenvalue weighted by Crippen LogP contribution is -2.28. The van der Waals surface area contributed by atoms with E-state index in [-0.39, 0.29) is 5.91 Å². The summed E-state index contributed by atoms with van der Waals surface area (Å²) in [5.74, 6) is -0.972. The molecular formula is C16H14F3N3O3. The smallest absolute Gasteiger partial charge is 0.326 e. The summed E-state index contributed by atoms with van der Waals surface area (Å²) in [6.45, 7) is 0.748. The quantitative estimate of drug-likeness (QED) is 0.886. The molecule has 25 heavy (non-hydrogen) atoms. The summed E-state index contributed by atoms with van der Waals surface area (Å²) in [5.41, 5.74) is -0.972. The summed E-state index contributed by atoms with van der Waals surface area (Å²) in [7, 11) is 0. The average Bonchev–Trinajstić information content (AvgIpc) is 2.48. The van der Waals surface area contributed by atoms with Gasteiger partial charge in [0.1, 0.15) is 6.54 Å². The molecule has 0 saturated heterocycles. The minimum absolute atomic E-state index is 0.293. The van der Waals surface area contributed by atoms with E-state index in [1.54, 1.807) is 12.1 Å². The zero-order chi connectivity index (χ0) is 18.6. The standard InChI is InChI=1S/C16H14F3N3O3/c1-10(23)20-12-3-2-4-13(7-12)21-14(24)9-22-8-11(16(17,18)19)5-6-15(22)25/h2-8H,9H2,1H3,(H,20,23)(H,21,24). The number of alkyl halides is 3. The van der Waals surface area contributed by atoms with Crippen molar-refractivity contribution in [2.75, 3.05) is 10.6 Å². The third-order valence-corrected chi connectivity index (χ3v) is 3.09. The van der Waals surface area contributed by atoms with E-state index in [0.717, 1.165) is 6.07 Å². The second-order valence-electron chi connectivity index (χ2n) is 5.19. The van der Waals surface area contributed by atoms with Crippen LogP contribution in [-0.4, -0.2) is 16.4 Å². The molecule has 0 fully saturated rings. The summed E-state index contributed by atoms with van der Waals surface area (Å²) < 4.78 is 38.7. The van der Waals surface area contributed by atoms with Crippen molar-refractivity contribution in [2.45, 2.75) is 19.6 Å². The van der Waals surface area contributed by atoms with E-state index in [9.17, 15) is 27.6 Å². The van der Waals surface area contributed by atoms with Crippen LogP contribution in [0, 0.1) is 0 Å². The molecule has 2 N–H and O–H groups in total. The molecule has 0 saturated carbocycles. The molecule has 1 aromatic heterocycles. The average molecular weight is 353 g/mol. The molecule has 2 aromatic rings. The lowest BCUT2D eigenvalue weighted by Gasteiger charge is -2.11. The van der Waals surface area contributed by atoms with Gasteiger partial charge >= 0.3 is 6.18 Å². The van der Waals surface area contributed by atoms with E-state index < -0.39 is 29.8 Å². The van der Waals surface area contributed by atoms with Crippen LogP contribution in [0.1, 0.15) is 12.5 Å². The fourth-order valence-corrected chi connectivity index (χ4v) is 2.06. The monoisotopic (exact) mass is 353 g/mol. The molecule has 0 aliphatic heterocycles. The number of anilines is 2. The first-order valence-electron chi connectivity index (χ1n) is 7.10. The minimum atomic E-state index is -4.61. The number of hydrogen-bond donors (Lipinski definition) is 2. The van der Waals surface area contributed by atoms with Crippen LogP contribution in [-0.2, 0) is 22.3 Å². The SMILES string of the molecule is CC(=O)Nc1cccc(NC(=O)Cn2cc(C(F)(F)F)ccc2=O)c1. The molecule has 132 valence electrons. The van der Waals surface area contributed by atoms with E-state index >= 15 is 0 Å². The number of rotatable bonds is 4. The Morgan fingerprint density at radius 3 is 2.32 bits per heavy atom. The number of nitrogens with one attached hydrogen (secondary N) is 2. The van der Waals surface area contributed by atoms with Gasteiger partial charge in [0.25, 0.3) is 5.56 Å². The van der Waals surface area contributed by atoms with Crippen molar-refractivity contribution in [1.82, 2.24) is 4.57 Å². The first kappa shape index (κ1) is 18.2. The van der Waals surface area contributed by atoms with Crippen molar-refractivity contribution in [1.29, 1.82) is 0 Å². The maximum atomic E-state index is 12.7. The Labute approximate surface area is 140 Å². The topological polar surface area (TPSA) is 80.2 Å². The number of amides is 2. The van der Waals surface area contributed by atoms with Gasteiger partial charge in [-0.05, 0) is 24.3 Å². The molecule has 9 heteroatoms. The summed E-state index contributed by atoms with van der Waals surface area (Å²) in [4.78, 5) is 34.6. The molecule has 1 heterocycles. The van der Waals surface area contributed by atoms with Crippen LogP contribution < -0.4 is 16.2 Å². The van der Waals surface area contributed by atoms with Crippen LogP contribution in [0.2, 0.25) is 0 Å². The van der Waals surface area contributed by atoms with Crippen LogP contribution in [0.5, 0.6) is 0 Å². The molecule has 0 radical (unpaired) electrons. The van der Waals surface area contributed by atoms with E-state index in [1.165, 1.54) is 19.1 Å². The number of aromatic nitrogens is 1. The highest BCUT2D eigenvalue weighted by atomic mass is 19.4. The lowest BCUT2D eigenvalue weighted by atomic mass is 10.2. The Hall–Kier alpha value is -3.10. The highest BCUT2D eigenvalue weighted by Gasteiger charge is 2.31. The Kier molecular flexibility index (Phi) is 5.26. The predicted molar refractivity (Wildman–Crippen MR) is 85.1 cm³/mol. The highest BCUT2D eigenvalue weighted by molar-refractivity contribution is 5.93. The van der Waals surface area contributed by atoms with Crippen molar-refractivity contribution in [3.63, 3.8) is 0 Å². The fraction of sp³-hybridized carbons (Fsp3) is 0.188. The summed E-state index contributed by atoms with van der Waals surface area (Å²) in [5, 5.41) is 4.99. The van der Waals surface area contributed by atoms with E-state index in [2.05, 4.69) is 10.6 Å². The summed E-state index contributed by atoms with van der Waals surface area (Å²) >= 11 is 0. The number of carbonyl (C=O) groups excluding carboxylic acids is 2. The molecule has 0 bridgehead atoms. The number of halogens is 3. The van der Waals surface area contributed by atoms with Crippen LogP contribution in [0.4, 0.5) is 24.5 Å². The molecule has 1 aromatic carbocycles. The van der Waals surface area contributed by atoms with Crippen molar-refractivity contribution >= 4 is 23.2 Å². The zero-order valence-corrected chi connectivity index (χ0v) is 13.1. The molecule has 2 amide bonds. The van der Waals surface area contributed by atoms with Crippen molar-refractivity contribution < 1.29 is 22.8 Å². The van der Waals surface area contributed by atoms with Crippen molar-refractivity contribution in [3.8, 4) is 0 Å². The van der Waals surface area contributed by atoms with Gasteiger partial charge in [-0.3, -0.25) is 14.4 Å². The first-order valence-corrected chi connectivity index (χ1v) is 7.10. The Morgan fingerprint density at radius 2 is 1.72 bits per heavy atom. The van der Waals surface area contributed by atoms with Gasteiger partial charge in [0, 0.05) is 30.6 Å². The van der Waals surface area contributed by atoms with Gasteiger partial charge in [-0.15, -0.1) is 0 Å². The molecular weight excluding hydrogens is 339 g/mol. The van der Waals surface area contributed by atoms with Gasteiger partial charge in [0.2, 0.25) is 11.8 Å². The van der Waals surface area contributed by atoms with Gasteiger partial charge in [0.15, 0.2) is 0 Å². The Morgan fingerprint density at radius 1 is 1.08 bits per heavy atom. The van der Waals surface area contributed by atoms with Gasteiger partial charge < -0.3 is 15.2 Å². The first-order chi connectivity index (χ1) is 11.6. The normalized spacial score (nSPS) is 11.0. The van der Waals surface area contributed by atoms with Gasteiger partial charge in [-0.1, -0.05) is 6.07 Å². The number of pyridine rings is 1. The highest BCUT2D eigenvalue weighted by Crippen LogP contribution is 2.28. The maximum absolute atomic E-state index is 12.7. The molecule has 2 rings (SSSR count). The van der Waals surface area contributed by atoms with Crippen LogP contribution in [0.15, 0.2) is 47.4 Å². The van der Waals surface area contributed by atoms with Crippen LogP contribution >= 0.6 is 0 Å². The van der Waals surface area contributed by atoms with Gasteiger partial charge in [-0.25, -0.2) is 0 Å². The molecule has 6 nitrogen and oxygen atoms in total. The third kappa shape index (κ3) is 5.20. The van der Waals surface area contributed by atoms with Gasteiger partial charge in [-0.2, -0.15) is 13.2 Å². The number of hydrogen-bond acceptors (Lipinski definition) is 3. The second kappa shape index (κ2) is 7.20. The Bertz CT molecular complexity index is 859. The van der Waals surface area contributed by atoms with Crippen LogP contribution in [0.25, 0.3) is 0 Å². The summed E-state index contributed by atoms with van der Waals surface area (Å²) in [6, 6.07) is 7.62. The molecule has 0 aliphatic carbocycles. The van der Waals surface area contributed by atoms with Crippen molar-refractivity contribution in [2.24, 2.45) is 0 Å². The maximum Gasteiger partial charge on any atom is 0.417 e. The second-order valence-corrected chi connectivity index (χ2v) is 5.19. The van der Waals surface area contributed by atoms with Crippen molar-refractivity contribution in [3.05, 3.63) is 58.5 Å². The third-order valence-electron chi connectivity index (χ3n) is 3.09. The largest absolute Gasteiger partial charge is 0.417 e. The zero-order valence-electron chi connectivity index (χ0n) is 13.1.